The molecule has 0 heterocycles. The van der Waals surface area contributed by atoms with Crippen LogP contribution in [0.2, 0.25) is 0 Å². The Balaban J connectivity index is -0.000000464. The van der Waals surface area contributed by atoms with Crippen LogP contribution in [0.4, 0.5) is 0 Å². The largest absolute Gasteiger partial charge is 1.00 e. The van der Waals surface area contributed by atoms with Gasteiger partial charge in [0.15, 0.2) is 0 Å². The Morgan fingerprint density at radius 1 is 0.613 bits per heavy atom. The third-order valence-corrected chi connectivity index (χ3v) is 4.06. The summed E-state index contributed by atoms with van der Waals surface area (Å²) in [7, 11) is -5.17. The van der Waals surface area contributed by atoms with Gasteiger partial charge in [0.05, 0.1) is 26.1 Å². The molecule has 0 radical (unpaired) electrons. The Labute approximate surface area is 233 Å². The number of esters is 2. The molecular formula is C20H38Na2O8S. The van der Waals surface area contributed by atoms with Crippen LogP contribution in [0.3, 0.4) is 0 Å². The zero-order valence-corrected chi connectivity index (χ0v) is 24.8. The molecule has 11 heteroatoms. The summed E-state index contributed by atoms with van der Waals surface area (Å²) in [5.74, 6) is -0.583. The molecule has 0 fully saturated rings. The van der Waals surface area contributed by atoms with Crippen molar-refractivity contribution in [3.8, 4) is 0 Å². The minimum atomic E-state index is -5.17. The molecule has 0 atom stereocenters. The first-order chi connectivity index (χ1) is 13.7. The molecule has 0 aromatic carbocycles. The summed E-state index contributed by atoms with van der Waals surface area (Å²) in [5, 5.41) is 0. The molecule has 0 aromatic heterocycles. The fourth-order valence-corrected chi connectivity index (χ4v) is 2.49. The molecular weight excluding hydrogens is 446 g/mol. The van der Waals surface area contributed by atoms with Gasteiger partial charge in [-0.05, 0) is 12.8 Å². The van der Waals surface area contributed by atoms with Crippen LogP contribution in [0.1, 0.15) is 104 Å². The van der Waals surface area contributed by atoms with Gasteiger partial charge in [0, 0.05) is 10.4 Å². The Morgan fingerprint density at radius 2 is 0.871 bits per heavy atom. The van der Waals surface area contributed by atoms with Crippen LogP contribution in [-0.4, -0.2) is 42.7 Å². The molecule has 0 aliphatic heterocycles. The molecule has 31 heavy (non-hydrogen) atoms. The van der Waals surface area contributed by atoms with Gasteiger partial charge in [-0.15, -0.1) is 0 Å². The SMILES string of the molecule is CCCCCCCCOC(=O)CCC(=O)OCCCCCCCC.O=S(=O)([O-])[O-].[Na+].[Na+]. The molecule has 0 unspecified atom stereocenters. The Bertz CT molecular complexity index is 463. The quantitative estimate of drug-likeness (QED) is 0.0780. The van der Waals surface area contributed by atoms with Crippen LogP contribution in [-0.2, 0) is 29.5 Å². The summed E-state index contributed by atoms with van der Waals surface area (Å²) >= 11 is 0. The second kappa shape index (κ2) is 28.8. The fourth-order valence-electron chi connectivity index (χ4n) is 2.49. The Morgan fingerprint density at radius 3 is 1.16 bits per heavy atom. The van der Waals surface area contributed by atoms with E-state index in [-0.39, 0.29) is 83.9 Å². The van der Waals surface area contributed by atoms with Crippen molar-refractivity contribution >= 4 is 22.3 Å². The maximum Gasteiger partial charge on any atom is 1.00 e. The van der Waals surface area contributed by atoms with Crippen molar-refractivity contribution in [3.05, 3.63) is 0 Å². The smallest absolute Gasteiger partial charge is 0.759 e. The average Bonchev–Trinajstić information content (AvgIpc) is 2.63. The molecule has 0 aromatic rings. The van der Waals surface area contributed by atoms with Gasteiger partial charge in [-0.3, -0.25) is 18.0 Å². The minimum absolute atomic E-state index is 0. The van der Waals surface area contributed by atoms with Gasteiger partial charge in [-0.25, -0.2) is 0 Å². The van der Waals surface area contributed by atoms with E-state index in [0.717, 1.165) is 25.7 Å². The zero-order valence-electron chi connectivity index (χ0n) is 20.0. The molecule has 0 rings (SSSR count). The molecule has 174 valence electrons. The van der Waals surface area contributed by atoms with E-state index in [0.29, 0.717) is 13.2 Å². The van der Waals surface area contributed by atoms with Gasteiger partial charge in [0.25, 0.3) is 0 Å². The van der Waals surface area contributed by atoms with E-state index < -0.39 is 10.4 Å². The minimum Gasteiger partial charge on any atom is -0.759 e. The predicted molar refractivity (Wildman–Crippen MR) is 108 cm³/mol. The van der Waals surface area contributed by atoms with Crippen molar-refractivity contribution in [1.29, 1.82) is 0 Å². The van der Waals surface area contributed by atoms with Crippen LogP contribution in [0, 0.1) is 0 Å². The number of carbonyl (C=O) groups is 2. The van der Waals surface area contributed by atoms with E-state index in [1.807, 2.05) is 0 Å². The third kappa shape index (κ3) is 45.1. The maximum atomic E-state index is 11.5. The summed E-state index contributed by atoms with van der Waals surface area (Å²) in [6, 6.07) is 0. The third-order valence-electron chi connectivity index (χ3n) is 4.06. The van der Waals surface area contributed by atoms with E-state index >= 15 is 0 Å². The second-order valence-corrected chi connectivity index (χ2v) is 7.70. The number of hydrogen-bond donors (Lipinski definition) is 0. The van der Waals surface area contributed by atoms with Gasteiger partial charge < -0.3 is 18.6 Å². The number of rotatable bonds is 17. The van der Waals surface area contributed by atoms with Crippen molar-refractivity contribution < 1.29 is 95.7 Å². The van der Waals surface area contributed by atoms with Crippen molar-refractivity contribution in [2.75, 3.05) is 13.2 Å². The van der Waals surface area contributed by atoms with Crippen LogP contribution in [0.15, 0.2) is 0 Å². The van der Waals surface area contributed by atoms with Crippen molar-refractivity contribution in [3.63, 3.8) is 0 Å². The van der Waals surface area contributed by atoms with Crippen LogP contribution < -0.4 is 59.1 Å². The first-order valence-electron chi connectivity index (χ1n) is 10.7. The van der Waals surface area contributed by atoms with Crippen molar-refractivity contribution in [2.45, 2.75) is 104 Å². The number of ether oxygens (including phenoxy) is 2. The molecule has 0 bridgehead atoms. The molecule has 0 aliphatic carbocycles. The molecule has 8 nitrogen and oxygen atoms in total. The summed E-state index contributed by atoms with van der Waals surface area (Å²) < 4.78 is 44.3. The van der Waals surface area contributed by atoms with Crippen molar-refractivity contribution in [2.24, 2.45) is 0 Å². The van der Waals surface area contributed by atoms with E-state index in [4.69, 9.17) is 27.0 Å². The van der Waals surface area contributed by atoms with Crippen LogP contribution in [0.25, 0.3) is 0 Å². The summed E-state index contributed by atoms with van der Waals surface area (Å²) in [5.41, 5.74) is 0. The molecule has 0 saturated heterocycles. The maximum absolute atomic E-state index is 11.5. The molecule has 0 N–H and O–H groups in total. The van der Waals surface area contributed by atoms with Crippen molar-refractivity contribution in [1.82, 2.24) is 0 Å². The summed E-state index contributed by atoms with van der Waals surface area (Å²) in [6.07, 6.45) is 14.3. The van der Waals surface area contributed by atoms with Gasteiger partial charge in [-0.1, -0.05) is 78.1 Å². The second-order valence-electron chi connectivity index (χ2n) is 6.88. The monoisotopic (exact) mass is 484 g/mol. The zero-order chi connectivity index (χ0) is 22.4. The predicted octanol–water partition coefficient (Wildman–Crippen LogP) is -1.76. The number of hydrogen-bond acceptors (Lipinski definition) is 8. The number of unbranched alkanes of at least 4 members (excludes halogenated alkanes) is 10. The number of carbonyl (C=O) groups excluding carboxylic acids is 2. The summed E-state index contributed by atoms with van der Waals surface area (Å²) in [4.78, 5) is 23.1. The van der Waals surface area contributed by atoms with Gasteiger partial charge >= 0.3 is 71.1 Å². The summed E-state index contributed by atoms with van der Waals surface area (Å²) in [6.45, 7) is 5.33. The van der Waals surface area contributed by atoms with Gasteiger partial charge in [-0.2, -0.15) is 0 Å². The molecule has 0 saturated carbocycles. The molecule has 0 aliphatic rings. The van der Waals surface area contributed by atoms with Gasteiger partial charge in [0.1, 0.15) is 0 Å². The van der Waals surface area contributed by atoms with Crippen LogP contribution >= 0.6 is 0 Å². The van der Waals surface area contributed by atoms with E-state index in [2.05, 4.69) is 13.8 Å². The first kappa shape index (κ1) is 39.0. The topological polar surface area (TPSA) is 133 Å². The van der Waals surface area contributed by atoms with E-state index in [9.17, 15) is 9.59 Å². The van der Waals surface area contributed by atoms with E-state index in [1.165, 1.54) is 51.4 Å². The fraction of sp³-hybridized carbons (Fsp3) is 0.900. The Kier molecular flexibility index (Phi) is 36.3. The first-order valence-corrected chi connectivity index (χ1v) is 12.0. The Hall–Kier alpha value is 0.810. The average molecular weight is 485 g/mol. The normalized spacial score (nSPS) is 10.1. The van der Waals surface area contributed by atoms with Crippen LogP contribution in [0.5, 0.6) is 0 Å². The standard InChI is InChI=1S/C20H38O4.2Na.H2O4S/c1-3-5-7-9-11-13-17-23-19(21)15-16-20(22)24-18-14-12-10-8-6-4-2;;;1-5(2,3)4/h3-18H2,1-2H3;;;(H2,1,2,3,4)/q;2*+1;/p-2. The molecule has 0 spiro atoms. The molecule has 0 amide bonds. The van der Waals surface area contributed by atoms with E-state index in [1.54, 1.807) is 0 Å². The van der Waals surface area contributed by atoms with Gasteiger partial charge in [0.2, 0.25) is 0 Å².